The van der Waals surface area contributed by atoms with Crippen LogP contribution < -0.4 is 10.6 Å². The summed E-state index contributed by atoms with van der Waals surface area (Å²) in [7, 11) is 0. The summed E-state index contributed by atoms with van der Waals surface area (Å²) in [5, 5.41) is 5.71. The molecule has 0 aliphatic heterocycles. The van der Waals surface area contributed by atoms with Crippen LogP contribution in [-0.4, -0.2) is 18.0 Å². The second kappa shape index (κ2) is 7.53. The van der Waals surface area contributed by atoms with E-state index < -0.39 is 0 Å². The number of anilines is 1. The molecular formula is C16H25ClN2O. The van der Waals surface area contributed by atoms with Gasteiger partial charge in [0.2, 0.25) is 0 Å². The predicted octanol–water partition coefficient (Wildman–Crippen LogP) is 4.51. The lowest BCUT2D eigenvalue weighted by Crippen LogP contribution is -2.39. The van der Waals surface area contributed by atoms with Crippen LogP contribution in [0.1, 0.15) is 46.1 Å². The Morgan fingerprint density at radius 2 is 1.85 bits per heavy atom. The molecule has 4 heteroatoms. The second-order valence-corrected chi connectivity index (χ2v) is 6.37. The van der Waals surface area contributed by atoms with Crippen LogP contribution in [0.3, 0.4) is 0 Å². The van der Waals surface area contributed by atoms with Gasteiger partial charge in [-0.15, -0.1) is 11.6 Å². The molecule has 0 spiro atoms. The van der Waals surface area contributed by atoms with Crippen LogP contribution in [0, 0.1) is 0 Å². The lowest BCUT2D eigenvalue weighted by atomic mass is 9.87. The topological polar surface area (TPSA) is 41.1 Å². The summed E-state index contributed by atoms with van der Waals surface area (Å²) in [4.78, 5) is 11.9. The van der Waals surface area contributed by atoms with Crippen molar-refractivity contribution >= 4 is 23.3 Å². The Balaban J connectivity index is 2.58. The fourth-order valence-corrected chi connectivity index (χ4v) is 2.17. The number of benzene rings is 1. The molecule has 0 heterocycles. The average molecular weight is 297 g/mol. The van der Waals surface area contributed by atoms with E-state index in [1.807, 2.05) is 24.3 Å². The summed E-state index contributed by atoms with van der Waals surface area (Å²) in [6, 6.07) is 7.76. The largest absolute Gasteiger partial charge is 0.334 e. The van der Waals surface area contributed by atoms with E-state index in [1.54, 1.807) is 0 Å². The third kappa shape index (κ3) is 5.41. The highest BCUT2D eigenvalue weighted by molar-refractivity contribution is 6.18. The van der Waals surface area contributed by atoms with Crippen molar-refractivity contribution in [3.05, 3.63) is 29.8 Å². The zero-order valence-electron chi connectivity index (χ0n) is 12.8. The Hall–Kier alpha value is -1.22. The molecule has 1 rings (SSSR count). The molecule has 112 valence electrons. The minimum Gasteiger partial charge on any atom is -0.334 e. The predicted molar refractivity (Wildman–Crippen MR) is 86.7 cm³/mol. The number of carbonyl (C=O) groups is 1. The summed E-state index contributed by atoms with van der Waals surface area (Å²) in [6.45, 7) is 8.57. The molecule has 0 saturated heterocycles. The summed E-state index contributed by atoms with van der Waals surface area (Å²) >= 11 is 5.82. The van der Waals surface area contributed by atoms with Crippen molar-refractivity contribution < 1.29 is 4.79 Å². The van der Waals surface area contributed by atoms with Gasteiger partial charge in [0.25, 0.3) is 0 Å². The van der Waals surface area contributed by atoms with E-state index in [-0.39, 0.29) is 17.5 Å². The third-order valence-electron chi connectivity index (χ3n) is 3.17. The van der Waals surface area contributed by atoms with Crippen LogP contribution in [-0.2, 0) is 5.41 Å². The van der Waals surface area contributed by atoms with Crippen LogP contribution in [0.15, 0.2) is 24.3 Å². The molecule has 1 atom stereocenters. The fourth-order valence-electron chi connectivity index (χ4n) is 1.94. The Morgan fingerprint density at radius 1 is 1.25 bits per heavy atom. The molecule has 1 aromatic rings. The highest BCUT2D eigenvalue weighted by atomic mass is 35.5. The number of halogens is 1. The monoisotopic (exact) mass is 296 g/mol. The zero-order valence-corrected chi connectivity index (χ0v) is 13.6. The number of rotatable bonds is 5. The summed E-state index contributed by atoms with van der Waals surface area (Å²) in [5.74, 6) is 0.435. The van der Waals surface area contributed by atoms with Gasteiger partial charge in [0.05, 0.1) is 0 Å². The maximum absolute atomic E-state index is 11.9. The molecule has 0 aliphatic rings. The molecule has 0 aliphatic carbocycles. The molecule has 0 saturated carbocycles. The maximum atomic E-state index is 11.9. The molecule has 20 heavy (non-hydrogen) atoms. The first-order valence-electron chi connectivity index (χ1n) is 7.11. The molecule has 0 aromatic heterocycles. The van der Waals surface area contributed by atoms with Gasteiger partial charge in [-0.2, -0.15) is 0 Å². The average Bonchev–Trinajstić information content (AvgIpc) is 2.37. The lowest BCUT2D eigenvalue weighted by Gasteiger charge is -2.19. The van der Waals surface area contributed by atoms with Crippen molar-refractivity contribution in [2.75, 3.05) is 11.2 Å². The Bertz CT molecular complexity index is 423. The lowest BCUT2D eigenvalue weighted by molar-refractivity contribution is 0.248. The molecule has 2 N–H and O–H groups in total. The maximum Gasteiger partial charge on any atom is 0.319 e. The summed E-state index contributed by atoms with van der Waals surface area (Å²) in [5.41, 5.74) is 2.15. The fraction of sp³-hybridized carbons (Fsp3) is 0.562. The van der Waals surface area contributed by atoms with Gasteiger partial charge in [-0.25, -0.2) is 4.79 Å². The van der Waals surface area contributed by atoms with Crippen molar-refractivity contribution in [1.29, 1.82) is 0 Å². The molecule has 3 nitrogen and oxygen atoms in total. The van der Waals surface area contributed by atoms with Gasteiger partial charge in [-0.05, 0) is 29.5 Å². The van der Waals surface area contributed by atoms with Gasteiger partial charge in [-0.3, -0.25) is 0 Å². The number of carbonyl (C=O) groups excluding carboxylic acids is 1. The van der Waals surface area contributed by atoms with Crippen molar-refractivity contribution in [3.8, 4) is 0 Å². The van der Waals surface area contributed by atoms with E-state index in [4.69, 9.17) is 11.6 Å². The van der Waals surface area contributed by atoms with Crippen molar-refractivity contribution in [2.45, 2.75) is 52.0 Å². The summed E-state index contributed by atoms with van der Waals surface area (Å²) in [6.07, 6.45) is 1.89. The molecule has 2 amide bonds. The van der Waals surface area contributed by atoms with E-state index in [1.165, 1.54) is 5.56 Å². The van der Waals surface area contributed by atoms with Gasteiger partial charge in [-0.1, -0.05) is 46.2 Å². The second-order valence-electron chi connectivity index (χ2n) is 6.07. The Labute approximate surface area is 127 Å². The van der Waals surface area contributed by atoms with E-state index in [9.17, 15) is 4.79 Å². The van der Waals surface area contributed by atoms with Crippen molar-refractivity contribution in [1.82, 2.24) is 5.32 Å². The van der Waals surface area contributed by atoms with Crippen LogP contribution in [0.2, 0.25) is 0 Å². The number of amides is 2. The van der Waals surface area contributed by atoms with Gasteiger partial charge in [0, 0.05) is 17.6 Å². The third-order valence-corrected chi connectivity index (χ3v) is 3.54. The number of urea groups is 1. The van der Waals surface area contributed by atoms with E-state index >= 15 is 0 Å². The van der Waals surface area contributed by atoms with E-state index in [0.29, 0.717) is 5.88 Å². The highest BCUT2D eigenvalue weighted by Gasteiger charge is 2.14. The van der Waals surface area contributed by atoms with Crippen LogP contribution in [0.4, 0.5) is 10.5 Å². The van der Waals surface area contributed by atoms with Gasteiger partial charge >= 0.3 is 6.03 Å². The molecular weight excluding hydrogens is 272 g/mol. The van der Waals surface area contributed by atoms with Crippen molar-refractivity contribution in [2.24, 2.45) is 0 Å². The number of alkyl halides is 1. The molecule has 0 bridgehead atoms. The van der Waals surface area contributed by atoms with Gasteiger partial charge < -0.3 is 10.6 Å². The summed E-state index contributed by atoms with van der Waals surface area (Å²) < 4.78 is 0. The minimum absolute atomic E-state index is 0.0236. The molecule has 0 fully saturated rings. The Kier molecular flexibility index (Phi) is 6.34. The molecule has 0 radical (unpaired) electrons. The first-order valence-corrected chi connectivity index (χ1v) is 7.64. The van der Waals surface area contributed by atoms with Gasteiger partial charge in [0.15, 0.2) is 0 Å². The van der Waals surface area contributed by atoms with Crippen molar-refractivity contribution in [3.63, 3.8) is 0 Å². The van der Waals surface area contributed by atoms with Crippen LogP contribution >= 0.6 is 11.6 Å². The SMILES string of the molecule is CCCC(CCl)NC(=O)Nc1ccc(C(C)(C)C)cc1. The van der Waals surface area contributed by atoms with Crippen LogP contribution in [0.25, 0.3) is 0 Å². The first-order chi connectivity index (χ1) is 9.36. The number of nitrogens with one attached hydrogen (secondary N) is 2. The quantitative estimate of drug-likeness (QED) is 0.771. The van der Waals surface area contributed by atoms with E-state index in [0.717, 1.165) is 18.5 Å². The Morgan fingerprint density at radius 3 is 2.30 bits per heavy atom. The molecule has 1 unspecified atom stereocenters. The standard InChI is InChI=1S/C16H25ClN2O/c1-5-6-14(11-17)19-15(20)18-13-9-7-12(8-10-13)16(2,3)4/h7-10,14H,5-6,11H2,1-4H3,(H2,18,19,20). The highest BCUT2D eigenvalue weighted by Crippen LogP contribution is 2.23. The normalized spacial score (nSPS) is 12.8. The number of hydrogen-bond donors (Lipinski definition) is 2. The van der Waals surface area contributed by atoms with E-state index in [2.05, 4.69) is 38.3 Å². The van der Waals surface area contributed by atoms with Gasteiger partial charge in [0.1, 0.15) is 0 Å². The number of hydrogen-bond acceptors (Lipinski definition) is 1. The zero-order chi connectivity index (χ0) is 15.2. The smallest absolute Gasteiger partial charge is 0.319 e. The molecule has 1 aromatic carbocycles. The first kappa shape index (κ1) is 16.8. The minimum atomic E-state index is -0.201. The van der Waals surface area contributed by atoms with Crippen LogP contribution in [0.5, 0.6) is 0 Å².